The minimum atomic E-state index is -0.364. The number of cyclic esters (lactones) is 1. The predicted octanol–water partition coefficient (Wildman–Crippen LogP) is 1.57. The van der Waals surface area contributed by atoms with Crippen LogP contribution in [0.5, 0.6) is 0 Å². The zero-order valence-corrected chi connectivity index (χ0v) is 15.5. The molecule has 2 heterocycles. The fourth-order valence-electron chi connectivity index (χ4n) is 3.55. The summed E-state index contributed by atoms with van der Waals surface area (Å²) in [6, 6.07) is 6.98. The van der Waals surface area contributed by atoms with E-state index >= 15 is 0 Å². The van der Waals surface area contributed by atoms with Gasteiger partial charge < -0.3 is 15.2 Å². The first-order chi connectivity index (χ1) is 13.0. The van der Waals surface area contributed by atoms with Crippen molar-refractivity contribution in [1.82, 2.24) is 4.90 Å². The van der Waals surface area contributed by atoms with Crippen molar-refractivity contribution < 1.29 is 19.1 Å². The van der Waals surface area contributed by atoms with E-state index in [9.17, 15) is 9.59 Å². The molecule has 0 unspecified atom stereocenters. The number of nitrogens with two attached hydrogens (primary N) is 1. The normalized spacial score (nSPS) is 21.1. The van der Waals surface area contributed by atoms with Crippen molar-refractivity contribution >= 4 is 23.6 Å². The minimum Gasteiger partial charge on any atom is -0.466 e. The highest BCUT2D eigenvalue weighted by atomic mass is 16.6. The summed E-state index contributed by atoms with van der Waals surface area (Å²) in [5.41, 5.74) is 6.81. The molecule has 0 saturated carbocycles. The highest BCUT2D eigenvalue weighted by molar-refractivity contribution is 5.96. The number of nitrogen functional groups attached to an aromatic ring is 1. The topological polar surface area (TPSA) is 109 Å². The van der Waals surface area contributed by atoms with Crippen molar-refractivity contribution in [3.05, 3.63) is 29.8 Å². The molecule has 1 amide bonds. The van der Waals surface area contributed by atoms with E-state index in [0.29, 0.717) is 25.3 Å². The number of rotatable bonds is 6. The standard InChI is InChI=1S/C19H26N4O4/c1-2-26-18(24)14-7-9-22(10-8-14)11-16-12-23(19(25)27-16)15-5-3-13(4-6-15)17(20)21/h3-6,14,16H,2,7-12H2,1H3,(H3,20,21)/t16-/m0/s1. The van der Waals surface area contributed by atoms with Crippen LogP contribution >= 0.6 is 0 Å². The fourth-order valence-corrected chi connectivity index (χ4v) is 3.55. The lowest BCUT2D eigenvalue weighted by molar-refractivity contribution is -0.149. The number of esters is 1. The molecule has 2 saturated heterocycles. The quantitative estimate of drug-likeness (QED) is 0.444. The van der Waals surface area contributed by atoms with Crippen molar-refractivity contribution in [2.45, 2.75) is 25.9 Å². The number of likely N-dealkylation sites (tertiary alicyclic amines) is 1. The molecule has 2 aliphatic heterocycles. The average molecular weight is 374 g/mol. The van der Waals surface area contributed by atoms with E-state index in [2.05, 4.69) is 4.90 Å². The number of carbonyl (C=O) groups excluding carboxylic acids is 2. The van der Waals surface area contributed by atoms with E-state index in [-0.39, 0.29) is 29.9 Å². The first-order valence-electron chi connectivity index (χ1n) is 9.29. The molecular weight excluding hydrogens is 348 g/mol. The maximum absolute atomic E-state index is 12.2. The molecule has 2 aliphatic rings. The lowest BCUT2D eigenvalue weighted by atomic mass is 9.97. The Morgan fingerprint density at radius 2 is 1.96 bits per heavy atom. The van der Waals surface area contributed by atoms with E-state index in [1.54, 1.807) is 29.2 Å². The molecule has 8 heteroatoms. The molecule has 27 heavy (non-hydrogen) atoms. The average Bonchev–Trinajstić information content (AvgIpc) is 3.02. The molecule has 1 aromatic rings. The minimum absolute atomic E-state index is 0.00496. The van der Waals surface area contributed by atoms with Crippen LogP contribution in [0.3, 0.4) is 0 Å². The number of hydrogen-bond acceptors (Lipinski definition) is 6. The van der Waals surface area contributed by atoms with Crippen LogP contribution < -0.4 is 10.6 Å². The molecule has 146 valence electrons. The van der Waals surface area contributed by atoms with E-state index in [0.717, 1.165) is 31.6 Å². The number of benzene rings is 1. The van der Waals surface area contributed by atoms with Crippen LogP contribution in [-0.2, 0) is 14.3 Å². The van der Waals surface area contributed by atoms with Gasteiger partial charge in [0.25, 0.3) is 0 Å². The molecule has 0 aliphatic carbocycles. The smallest absolute Gasteiger partial charge is 0.414 e. The van der Waals surface area contributed by atoms with Crippen LogP contribution in [0.25, 0.3) is 0 Å². The van der Waals surface area contributed by atoms with Crippen LogP contribution in [0.2, 0.25) is 0 Å². The van der Waals surface area contributed by atoms with E-state index in [1.165, 1.54) is 0 Å². The van der Waals surface area contributed by atoms with Crippen LogP contribution in [-0.4, -0.2) is 61.7 Å². The second-order valence-corrected chi connectivity index (χ2v) is 6.90. The molecule has 1 aromatic carbocycles. The van der Waals surface area contributed by atoms with Gasteiger partial charge in [0.2, 0.25) is 0 Å². The lowest BCUT2D eigenvalue weighted by Gasteiger charge is -2.31. The number of amidine groups is 1. The van der Waals surface area contributed by atoms with Crippen LogP contribution in [0.1, 0.15) is 25.3 Å². The molecule has 0 bridgehead atoms. The van der Waals surface area contributed by atoms with Crippen molar-refractivity contribution in [3.8, 4) is 0 Å². The van der Waals surface area contributed by atoms with Crippen molar-refractivity contribution in [2.24, 2.45) is 11.7 Å². The summed E-state index contributed by atoms with van der Waals surface area (Å²) in [5, 5.41) is 7.43. The molecule has 1 atom stereocenters. The lowest BCUT2D eigenvalue weighted by Crippen LogP contribution is -2.41. The molecule has 3 rings (SSSR count). The van der Waals surface area contributed by atoms with E-state index < -0.39 is 0 Å². The summed E-state index contributed by atoms with van der Waals surface area (Å²) in [6.45, 7) is 4.97. The molecule has 3 N–H and O–H groups in total. The first-order valence-corrected chi connectivity index (χ1v) is 9.29. The molecular formula is C19H26N4O4. The second kappa shape index (κ2) is 8.39. The van der Waals surface area contributed by atoms with Gasteiger partial charge in [0, 0.05) is 17.8 Å². The van der Waals surface area contributed by atoms with Gasteiger partial charge in [-0.15, -0.1) is 0 Å². The zero-order chi connectivity index (χ0) is 19.4. The van der Waals surface area contributed by atoms with Crippen molar-refractivity contribution in [2.75, 3.05) is 37.7 Å². The van der Waals surface area contributed by atoms with Crippen molar-refractivity contribution in [3.63, 3.8) is 0 Å². The first kappa shape index (κ1) is 19.2. The molecule has 0 spiro atoms. The Morgan fingerprint density at radius 3 is 2.56 bits per heavy atom. The third-order valence-electron chi connectivity index (χ3n) is 5.03. The Balaban J connectivity index is 1.51. The summed E-state index contributed by atoms with van der Waals surface area (Å²) < 4.78 is 10.6. The van der Waals surface area contributed by atoms with Gasteiger partial charge in [0.05, 0.1) is 19.1 Å². The Bertz CT molecular complexity index is 698. The summed E-state index contributed by atoms with van der Waals surface area (Å²) in [6.07, 6.45) is 0.979. The zero-order valence-electron chi connectivity index (χ0n) is 15.5. The Kier molecular flexibility index (Phi) is 5.95. The summed E-state index contributed by atoms with van der Waals surface area (Å²) in [5.74, 6) is -0.136. The molecule has 8 nitrogen and oxygen atoms in total. The number of nitrogens with one attached hydrogen (secondary N) is 1. The summed E-state index contributed by atoms with van der Waals surface area (Å²) in [4.78, 5) is 27.9. The predicted molar refractivity (Wildman–Crippen MR) is 101 cm³/mol. The third kappa shape index (κ3) is 4.57. The number of amides is 1. The Morgan fingerprint density at radius 1 is 1.30 bits per heavy atom. The van der Waals surface area contributed by atoms with Crippen LogP contribution in [0.4, 0.5) is 10.5 Å². The molecule has 2 fully saturated rings. The van der Waals surface area contributed by atoms with E-state index in [1.807, 2.05) is 6.92 Å². The molecule has 0 radical (unpaired) electrons. The number of anilines is 1. The fraction of sp³-hybridized carbons (Fsp3) is 0.526. The van der Waals surface area contributed by atoms with Gasteiger partial charge in [-0.2, -0.15) is 0 Å². The van der Waals surface area contributed by atoms with Gasteiger partial charge in [-0.3, -0.25) is 20.0 Å². The third-order valence-corrected chi connectivity index (χ3v) is 5.03. The van der Waals surface area contributed by atoms with Gasteiger partial charge in [-0.1, -0.05) is 0 Å². The maximum atomic E-state index is 12.2. The number of nitrogens with zero attached hydrogens (tertiary/aromatic N) is 2. The SMILES string of the molecule is CCOC(=O)C1CCN(C[C@H]2CN(c3ccc(C(=N)N)cc3)C(=O)O2)CC1. The summed E-state index contributed by atoms with van der Waals surface area (Å²) in [7, 11) is 0. The highest BCUT2D eigenvalue weighted by Gasteiger charge is 2.35. The van der Waals surface area contributed by atoms with Gasteiger partial charge in [-0.05, 0) is 57.1 Å². The number of ether oxygens (including phenoxy) is 2. The van der Waals surface area contributed by atoms with Gasteiger partial charge in [0.1, 0.15) is 11.9 Å². The van der Waals surface area contributed by atoms with Crippen LogP contribution in [0, 0.1) is 11.3 Å². The van der Waals surface area contributed by atoms with Gasteiger partial charge in [0.15, 0.2) is 0 Å². The number of hydrogen-bond donors (Lipinski definition) is 2. The van der Waals surface area contributed by atoms with Crippen LogP contribution in [0.15, 0.2) is 24.3 Å². The molecule has 0 aromatic heterocycles. The highest BCUT2D eigenvalue weighted by Crippen LogP contribution is 2.24. The largest absolute Gasteiger partial charge is 0.466 e. The number of carbonyl (C=O) groups is 2. The van der Waals surface area contributed by atoms with Gasteiger partial charge in [-0.25, -0.2) is 4.79 Å². The van der Waals surface area contributed by atoms with Gasteiger partial charge >= 0.3 is 12.1 Å². The maximum Gasteiger partial charge on any atom is 0.414 e. The number of piperidine rings is 1. The summed E-state index contributed by atoms with van der Waals surface area (Å²) >= 11 is 0. The monoisotopic (exact) mass is 374 g/mol. The van der Waals surface area contributed by atoms with Crippen molar-refractivity contribution in [1.29, 1.82) is 5.41 Å². The Labute approximate surface area is 158 Å². The Hall–Kier alpha value is -2.61. The van der Waals surface area contributed by atoms with E-state index in [4.69, 9.17) is 20.6 Å². The second-order valence-electron chi connectivity index (χ2n) is 6.90.